The van der Waals surface area contributed by atoms with Crippen LogP contribution in [0.5, 0.6) is 0 Å². The number of carbonyl (C=O) groups excluding carboxylic acids is 2. The van der Waals surface area contributed by atoms with Crippen molar-refractivity contribution in [1.82, 2.24) is 10.2 Å². The fourth-order valence-corrected chi connectivity index (χ4v) is 3.67. The molecule has 2 aliphatic rings. The summed E-state index contributed by atoms with van der Waals surface area (Å²) in [5, 5.41) is 11.7. The van der Waals surface area contributed by atoms with Crippen molar-refractivity contribution in [3.8, 4) is 0 Å². The molecule has 118 valence electrons. The molecule has 1 saturated carbocycles. The van der Waals surface area contributed by atoms with E-state index in [2.05, 4.69) is 5.32 Å². The van der Waals surface area contributed by atoms with E-state index in [1.807, 2.05) is 6.92 Å². The van der Waals surface area contributed by atoms with Gasteiger partial charge in [0.15, 0.2) is 0 Å². The summed E-state index contributed by atoms with van der Waals surface area (Å²) in [6, 6.07) is -0.229. The Labute approximate surface area is 128 Å². The minimum absolute atomic E-state index is 0.00924. The van der Waals surface area contributed by atoms with Crippen molar-refractivity contribution in [2.45, 2.75) is 32.2 Å². The Bertz CT molecular complexity index is 429. The van der Waals surface area contributed by atoms with Crippen molar-refractivity contribution in [3.63, 3.8) is 0 Å². The van der Waals surface area contributed by atoms with E-state index in [0.29, 0.717) is 24.8 Å². The summed E-state index contributed by atoms with van der Waals surface area (Å²) < 4.78 is 0. The first-order chi connectivity index (χ1) is 9.99. The number of aliphatic carboxylic acids is 1. The molecule has 1 aliphatic heterocycles. The SMILES string of the molecule is CC1CC1C(=O)NCCC(=O)N1CCSCC1CC(=O)O. The lowest BCUT2D eigenvalue weighted by molar-refractivity contribution is -0.140. The number of nitrogens with one attached hydrogen (secondary N) is 1. The maximum Gasteiger partial charge on any atom is 0.305 e. The fourth-order valence-electron chi connectivity index (χ4n) is 2.61. The number of rotatable bonds is 6. The average molecular weight is 314 g/mol. The molecule has 0 aromatic rings. The lowest BCUT2D eigenvalue weighted by Gasteiger charge is -2.34. The van der Waals surface area contributed by atoms with Crippen LogP contribution in [0.1, 0.15) is 26.2 Å². The van der Waals surface area contributed by atoms with E-state index < -0.39 is 5.97 Å². The number of nitrogens with zero attached hydrogens (tertiary/aromatic N) is 1. The molecule has 21 heavy (non-hydrogen) atoms. The van der Waals surface area contributed by atoms with Crippen LogP contribution in [0.2, 0.25) is 0 Å². The summed E-state index contributed by atoms with van der Waals surface area (Å²) in [5.41, 5.74) is 0. The van der Waals surface area contributed by atoms with Gasteiger partial charge in [0.05, 0.1) is 12.5 Å². The zero-order valence-corrected chi connectivity index (χ0v) is 13.0. The Morgan fingerprint density at radius 2 is 2.10 bits per heavy atom. The molecule has 7 heteroatoms. The molecule has 2 fully saturated rings. The molecule has 0 bridgehead atoms. The Balaban J connectivity index is 1.75. The van der Waals surface area contributed by atoms with Crippen LogP contribution in [0.15, 0.2) is 0 Å². The highest BCUT2D eigenvalue weighted by molar-refractivity contribution is 7.99. The topological polar surface area (TPSA) is 86.7 Å². The van der Waals surface area contributed by atoms with Crippen molar-refractivity contribution in [2.75, 3.05) is 24.6 Å². The smallest absolute Gasteiger partial charge is 0.305 e. The molecular formula is C14H22N2O4S. The van der Waals surface area contributed by atoms with Crippen LogP contribution >= 0.6 is 11.8 Å². The minimum atomic E-state index is -0.878. The predicted octanol–water partition coefficient (Wildman–Crippen LogP) is 0.567. The van der Waals surface area contributed by atoms with Crippen molar-refractivity contribution in [1.29, 1.82) is 0 Å². The van der Waals surface area contributed by atoms with Crippen molar-refractivity contribution < 1.29 is 19.5 Å². The first-order valence-electron chi connectivity index (χ1n) is 7.35. The second-order valence-corrected chi connectivity index (χ2v) is 6.92. The largest absolute Gasteiger partial charge is 0.481 e. The van der Waals surface area contributed by atoms with Crippen molar-refractivity contribution in [2.24, 2.45) is 11.8 Å². The van der Waals surface area contributed by atoms with Gasteiger partial charge in [0.1, 0.15) is 0 Å². The van der Waals surface area contributed by atoms with Gasteiger partial charge in [-0.15, -0.1) is 0 Å². The minimum Gasteiger partial charge on any atom is -0.481 e. The molecule has 3 unspecified atom stereocenters. The van der Waals surface area contributed by atoms with Crippen LogP contribution in [0.3, 0.4) is 0 Å². The number of hydrogen-bond acceptors (Lipinski definition) is 4. The van der Waals surface area contributed by atoms with Gasteiger partial charge in [-0.3, -0.25) is 14.4 Å². The molecule has 0 spiro atoms. The fraction of sp³-hybridized carbons (Fsp3) is 0.786. The molecular weight excluding hydrogens is 292 g/mol. The van der Waals surface area contributed by atoms with Gasteiger partial charge < -0.3 is 15.3 Å². The van der Waals surface area contributed by atoms with Gasteiger partial charge in [0, 0.05) is 36.9 Å². The van der Waals surface area contributed by atoms with Gasteiger partial charge in [0.25, 0.3) is 0 Å². The van der Waals surface area contributed by atoms with E-state index in [1.54, 1.807) is 16.7 Å². The monoisotopic (exact) mass is 314 g/mol. The summed E-state index contributed by atoms with van der Waals surface area (Å²) in [6.45, 7) is 2.97. The van der Waals surface area contributed by atoms with E-state index in [4.69, 9.17) is 5.11 Å². The number of hydrogen-bond donors (Lipinski definition) is 2. The second kappa shape index (κ2) is 7.15. The zero-order valence-electron chi connectivity index (χ0n) is 12.2. The first-order valence-corrected chi connectivity index (χ1v) is 8.51. The van der Waals surface area contributed by atoms with Gasteiger partial charge in [-0.25, -0.2) is 0 Å². The zero-order chi connectivity index (χ0) is 15.4. The molecule has 0 radical (unpaired) electrons. The molecule has 2 rings (SSSR count). The highest BCUT2D eigenvalue weighted by Gasteiger charge is 2.38. The maximum absolute atomic E-state index is 12.2. The normalized spacial score (nSPS) is 28.0. The van der Waals surface area contributed by atoms with Crippen molar-refractivity contribution >= 4 is 29.5 Å². The molecule has 2 N–H and O–H groups in total. The van der Waals surface area contributed by atoms with E-state index in [1.165, 1.54) is 0 Å². The van der Waals surface area contributed by atoms with Gasteiger partial charge in [0.2, 0.25) is 11.8 Å². The van der Waals surface area contributed by atoms with Gasteiger partial charge in [-0.05, 0) is 12.3 Å². The van der Waals surface area contributed by atoms with Crippen LogP contribution in [0.25, 0.3) is 0 Å². The third-order valence-electron chi connectivity index (χ3n) is 4.04. The van der Waals surface area contributed by atoms with Crippen LogP contribution in [0, 0.1) is 11.8 Å². The van der Waals surface area contributed by atoms with Gasteiger partial charge in [-0.1, -0.05) is 6.92 Å². The quantitative estimate of drug-likeness (QED) is 0.748. The van der Waals surface area contributed by atoms with Gasteiger partial charge in [-0.2, -0.15) is 11.8 Å². The molecule has 3 atom stereocenters. The summed E-state index contributed by atoms with van der Waals surface area (Å²) in [5.74, 6) is 1.18. The Hall–Kier alpha value is -1.24. The lowest BCUT2D eigenvalue weighted by atomic mass is 10.2. The van der Waals surface area contributed by atoms with Crippen LogP contribution in [-0.2, 0) is 14.4 Å². The second-order valence-electron chi connectivity index (χ2n) is 5.77. The highest BCUT2D eigenvalue weighted by Crippen LogP contribution is 2.37. The average Bonchev–Trinajstić information content (AvgIpc) is 3.15. The van der Waals surface area contributed by atoms with E-state index in [-0.39, 0.29) is 36.6 Å². The van der Waals surface area contributed by atoms with E-state index >= 15 is 0 Å². The highest BCUT2D eigenvalue weighted by atomic mass is 32.2. The number of carboxylic acid groups (broad SMARTS) is 1. The number of carbonyl (C=O) groups is 3. The van der Waals surface area contributed by atoms with Crippen LogP contribution in [-0.4, -0.2) is 58.4 Å². The Morgan fingerprint density at radius 3 is 2.71 bits per heavy atom. The molecule has 6 nitrogen and oxygen atoms in total. The van der Waals surface area contributed by atoms with E-state index in [9.17, 15) is 14.4 Å². The summed E-state index contributed by atoms with van der Waals surface area (Å²) in [7, 11) is 0. The third kappa shape index (κ3) is 4.62. The first kappa shape index (κ1) is 16.1. The van der Waals surface area contributed by atoms with E-state index in [0.717, 1.165) is 12.2 Å². The third-order valence-corrected chi connectivity index (χ3v) is 5.13. The lowest BCUT2D eigenvalue weighted by Crippen LogP contribution is -2.47. The van der Waals surface area contributed by atoms with Crippen LogP contribution < -0.4 is 5.32 Å². The van der Waals surface area contributed by atoms with Crippen LogP contribution in [0.4, 0.5) is 0 Å². The summed E-state index contributed by atoms with van der Waals surface area (Å²) in [4.78, 5) is 36.4. The molecule has 0 aromatic carbocycles. The molecule has 1 aliphatic carbocycles. The number of carboxylic acids is 1. The maximum atomic E-state index is 12.2. The summed E-state index contributed by atoms with van der Waals surface area (Å²) in [6.07, 6.45) is 1.17. The standard InChI is InChI=1S/C14H22N2O4S/c1-9-6-11(9)14(20)15-3-2-12(17)16-4-5-21-8-10(16)7-13(18)19/h9-11H,2-8H2,1H3,(H,15,20)(H,18,19). The van der Waals surface area contributed by atoms with Gasteiger partial charge >= 0.3 is 5.97 Å². The molecule has 2 amide bonds. The Morgan fingerprint density at radius 1 is 1.38 bits per heavy atom. The molecule has 1 saturated heterocycles. The Kier molecular flexibility index (Phi) is 5.50. The predicted molar refractivity (Wildman–Crippen MR) is 80.0 cm³/mol. The number of thioether (sulfide) groups is 1. The molecule has 1 heterocycles. The molecule has 0 aromatic heterocycles. The number of amides is 2. The summed E-state index contributed by atoms with van der Waals surface area (Å²) >= 11 is 1.68. The van der Waals surface area contributed by atoms with Crippen molar-refractivity contribution in [3.05, 3.63) is 0 Å².